The molecular weight excluding hydrogens is 212 g/mol. The number of hydrogen-bond donors (Lipinski definition) is 3. The lowest BCUT2D eigenvalue weighted by atomic mass is 10.2. The molecule has 0 aliphatic carbocycles. The lowest BCUT2D eigenvalue weighted by molar-refractivity contribution is -0.136. The Kier molecular flexibility index (Phi) is 5.35. The summed E-state index contributed by atoms with van der Waals surface area (Å²) in [5.74, 6) is -0.701. The molecule has 0 atom stereocenters. The van der Waals surface area contributed by atoms with Crippen molar-refractivity contribution in [2.75, 3.05) is 6.54 Å². The zero-order valence-electron chi connectivity index (χ0n) is 9.79. The zero-order chi connectivity index (χ0) is 12.8. The summed E-state index contributed by atoms with van der Waals surface area (Å²) < 4.78 is 4.97. The molecule has 16 heavy (non-hydrogen) atoms. The molecule has 0 aliphatic rings. The van der Waals surface area contributed by atoms with Gasteiger partial charge in [0.05, 0.1) is 6.42 Å². The molecule has 1 amide bonds. The van der Waals surface area contributed by atoms with Gasteiger partial charge in [-0.3, -0.25) is 10.1 Å². The Balaban J connectivity index is 3.79. The molecule has 6 nitrogen and oxygen atoms in total. The summed E-state index contributed by atoms with van der Waals surface area (Å²) >= 11 is 0. The molecule has 92 valence electrons. The Morgan fingerprint density at radius 2 is 1.94 bits per heavy atom. The highest BCUT2D eigenvalue weighted by atomic mass is 16.6. The van der Waals surface area contributed by atoms with Crippen LogP contribution in [0.25, 0.3) is 0 Å². The molecule has 0 radical (unpaired) electrons. The van der Waals surface area contributed by atoms with Crippen molar-refractivity contribution in [3.05, 3.63) is 12.4 Å². The number of hydrogen-bond acceptors (Lipinski definition) is 4. The largest absolute Gasteiger partial charge is 0.481 e. The van der Waals surface area contributed by atoms with Gasteiger partial charge in [0, 0.05) is 6.54 Å². The van der Waals surface area contributed by atoms with E-state index in [-0.39, 0.29) is 18.8 Å². The van der Waals surface area contributed by atoms with Crippen molar-refractivity contribution in [3.63, 3.8) is 0 Å². The molecule has 3 N–H and O–H groups in total. The highest BCUT2D eigenvalue weighted by Gasteiger charge is 2.16. The Hall–Kier alpha value is -1.72. The molecule has 0 spiro atoms. The third-order valence-corrected chi connectivity index (χ3v) is 1.33. The SMILES string of the molecule is C=C(NCCC(=O)O)NC(=O)OC(C)(C)C. The Morgan fingerprint density at radius 1 is 1.38 bits per heavy atom. The number of alkyl carbamates (subject to hydrolysis) is 1. The lowest BCUT2D eigenvalue weighted by Gasteiger charge is -2.20. The van der Waals surface area contributed by atoms with Crippen molar-refractivity contribution in [1.29, 1.82) is 0 Å². The Bertz CT molecular complexity index is 281. The van der Waals surface area contributed by atoms with Crippen LogP contribution in [0, 0.1) is 0 Å². The molecule has 0 aromatic heterocycles. The molecule has 6 heteroatoms. The van der Waals surface area contributed by atoms with E-state index >= 15 is 0 Å². The molecular formula is C10H18N2O4. The average molecular weight is 230 g/mol. The maximum atomic E-state index is 11.2. The summed E-state index contributed by atoms with van der Waals surface area (Å²) in [5.41, 5.74) is -0.578. The van der Waals surface area contributed by atoms with Gasteiger partial charge in [-0.25, -0.2) is 4.79 Å². The quantitative estimate of drug-likeness (QED) is 0.657. The second-order valence-corrected chi connectivity index (χ2v) is 4.18. The van der Waals surface area contributed by atoms with E-state index in [4.69, 9.17) is 9.84 Å². The maximum Gasteiger partial charge on any atom is 0.413 e. The van der Waals surface area contributed by atoms with E-state index in [1.165, 1.54) is 0 Å². The van der Waals surface area contributed by atoms with E-state index in [1.807, 2.05) is 0 Å². The predicted molar refractivity (Wildman–Crippen MR) is 58.8 cm³/mol. The molecule has 0 rings (SSSR count). The van der Waals surface area contributed by atoms with Crippen LogP contribution in [0.1, 0.15) is 27.2 Å². The van der Waals surface area contributed by atoms with Crippen LogP contribution in [0.4, 0.5) is 4.79 Å². The maximum absolute atomic E-state index is 11.2. The van der Waals surface area contributed by atoms with Gasteiger partial charge in [-0.05, 0) is 20.8 Å². The lowest BCUT2D eigenvalue weighted by Crippen LogP contribution is -2.36. The molecule has 0 saturated heterocycles. The van der Waals surface area contributed by atoms with Gasteiger partial charge in [-0.1, -0.05) is 6.58 Å². The van der Waals surface area contributed by atoms with E-state index in [0.717, 1.165) is 0 Å². The first-order valence-electron chi connectivity index (χ1n) is 4.85. The number of carbonyl (C=O) groups excluding carboxylic acids is 1. The number of rotatable bonds is 5. The third kappa shape index (κ3) is 8.86. The highest BCUT2D eigenvalue weighted by molar-refractivity contribution is 5.69. The third-order valence-electron chi connectivity index (χ3n) is 1.33. The standard InChI is InChI=1S/C10H18N2O4/c1-7(11-6-5-8(13)14)12-9(15)16-10(2,3)4/h11H,1,5-6H2,2-4H3,(H,12,15)(H,13,14). The number of aliphatic carboxylic acids is 1. The first-order valence-corrected chi connectivity index (χ1v) is 4.85. The molecule has 0 bridgehead atoms. The molecule has 0 saturated carbocycles. The average Bonchev–Trinajstić information content (AvgIpc) is 1.98. The van der Waals surface area contributed by atoms with Crippen molar-refractivity contribution < 1.29 is 19.4 Å². The molecule has 0 aromatic carbocycles. The Labute approximate surface area is 94.7 Å². The fraction of sp³-hybridized carbons (Fsp3) is 0.600. The van der Waals surface area contributed by atoms with Crippen molar-refractivity contribution in [1.82, 2.24) is 10.6 Å². The number of carboxylic acid groups (broad SMARTS) is 1. The van der Waals surface area contributed by atoms with Gasteiger partial charge >= 0.3 is 12.1 Å². The topological polar surface area (TPSA) is 87.7 Å². The molecule has 0 aliphatic heterocycles. The number of nitrogens with one attached hydrogen (secondary N) is 2. The van der Waals surface area contributed by atoms with E-state index in [1.54, 1.807) is 20.8 Å². The summed E-state index contributed by atoms with van der Waals surface area (Å²) in [4.78, 5) is 21.4. The van der Waals surface area contributed by atoms with E-state index in [0.29, 0.717) is 0 Å². The molecule has 0 fully saturated rings. The summed E-state index contributed by atoms with van der Waals surface area (Å²) in [6.45, 7) is 8.93. The van der Waals surface area contributed by atoms with Crippen molar-refractivity contribution in [3.8, 4) is 0 Å². The van der Waals surface area contributed by atoms with Crippen molar-refractivity contribution >= 4 is 12.1 Å². The first-order chi connectivity index (χ1) is 7.20. The van der Waals surface area contributed by atoms with Crippen LogP contribution < -0.4 is 10.6 Å². The Morgan fingerprint density at radius 3 is 2.38 bits per heavy atom. The van der Waals surface area contributed by atoms with Crippen LogP contribution in [-0.2, 0) is 9.53 Å². The van der Waals surface area contributed by atoms with E-state index in [9.17, 15) is 9.59 Å². The second-order valence-electron chi connectivity index (χ2n) is 4.18. The van der Waals surface area contributed by atoms with Crippen LogP contribution in [0.3, 0.4) is 0 Å². The van der Waals surface area contributed by atoms with Crippen LogP contribution in [0.5, 0.6) is 0 Å². The van der Waals surface area contributed by atoms with Gasteiger partial charge in [-0.2, -0.15) is 0 Å². The van der Waals surface area contributed by atoms with Gasteiger partial charge in [0.1, 0.15) is 11.4 Å². The fourth-order valence-electron chi connectivity index (χ4n) is 0.791. The number of amides is 1. The number of ether oxygens (including phenoxy) is 1. The number of carboxylic acids is 1. The van der Waals surface area contributed by atoms with Crippen molar-refractivity contribution in [2.45, 2.75) is 32.8 Å². The smallest absolute Gasteiger partial charge is 0.413 e. The predicted octanol–water partition coefficient (Wildman–Crippen LogP) is 1.05. The second kappa shape index (κ2) is 5.99. The summed E-state index contributed by atoms with van der Waals surface area (Å²) in [5, 5.41) is 13.4. The normalized spacial score (nSPS) is 10.4. The highest BCUT2D eigenvalue weighted by Crippen LogP contribution is 2.06. The number of carbonyl (C=O) groups is 2. The van der Waals surface area contributed by atoms with Gasteiger partial charge in [0.25, 0.3) is 0 Å². The molecule has 0 heterocycles. The monoisotopic (exact) mass is 230 g/mol. The minimum Gasteiger partial charge on any atom is -0.481 e. The van der Waals surface area contributed by atoms with E-state index in [2.05, 4.69) is 17.2 Å². The van der Waals surface area contributed by atoms with Crippen LogP contribution in [0.2, 0.25) is 0 Å². The molecule has 0 aromatic rings. The van der Waals surface area contributed by atoms with Gasteiger partial charge < -0.3 is 15.2 Å². The summed E-state index contributed by atoms with van der Waals surface area (Å²) in [7, 11) is 0. The fourth-order valence-corrected chi connectivity index (χ4v) is 0.791. The van der Waals surface area contributed by atoms with Gasteiger partial charge in [-0.15, -0.1) is 0 Å². The van der Waals surface area contributed by atoms with Crippen LogP contribution >= 0.6 is 0 Å². The summed E-state index contributed by atoms with van der Waals surface area (Å²) in [6.07, 6.45) is -0.671. The minimum absolute atomic E-state index is 0.0466. The summed E-state index contributed by atoms with van der Waals surface area (Å²) in [6, 6.07) is 0. The molecule has 0 unspecified atom stereocenters. The van der Waals surface area contributed by atoms with Crippen molar-refractivity contribution in [2.24, 2.45) is 0 Å². The first kappa shape index (κ1) is 14.3. The zero-order valence-corrected chi connectivity index (χ0v) is 9.79. The van der Waals surface area contributed by atoms with Crippen LogP contribution in [-0.4, -0.2) is 29.3 Å². The van der Waals surface area contributed by atoms with Crippen LogP contribution in [0.15, 0.2) is 12.4 Å². The van der Waals surface area contributed by atoms with Gasteiger partial charge in [0.2, 0.25) is 0 Å². The minimum atomic E-state index is -0.919. The van der Waals surface area contributed by atoms with Gasteiger partial charge in [0.15, 0.2) is 0 Å². The van der Waals surface area contributed by atoms with E-state index < -0.39 is 17.7 Å².